The zero-order valence-corrected chi connectivity index (χ0v) is 15.5. The van der Waals surface area contributed by atoms with Crippen LogP contribution in [-0.2, 0) is 0 Å². The Bertz CT molecular complexity index is 1150. The second-order valence-corrected chi connectivity index (χ2v) is 7.11. The lowest BCUT2D eigenvalue weighted by molar-refractivity contribution is 0.0706. The van der Waals surface area contributed by atoms with Crippen LogP contribution < -0.4 is 10.8 Å². The highest BCUT2D eigenvalue weighted by molar-refractivity contribution is 7.18. The smallest absolute Gasteiger partial charge is 0.274 e. The predicted molar refractivity (Wildman–Crippen MR) is 105 cm³/mol. The van der Waals surface area contributed by atoms with E-state index >= 15 is 0 Å². The largest absolute Gasteiger partial charge is 0.332 e. The van der Waals surface area contributed by atoms with Gasteiger partial charge in [-0.15, -0.1) is 0 Å². The lowest BCUT2D eigenvalue weighted by Gasteiger charge is -2.05. The number of carbonyl (C=O) groups is 1. The van der Waals surface area contributed by atoms with Crippen molar-refractivity contribution in [2.24, 2.45) is 0 Å². The first-order valence-electron chi connectivity index (χ1n) is 8.29. The van der Waals surface area contributed by atoms with Gasteiger partial charge in [0.05, 0.1) is 16.3 Å². The number of anilines is 2. The third-order valence-corrected chi connectivity index (χ3v) is 5.15. The van der Waals surface area contributed by atoms with Crippen LogP contribution in [0.5, 0.6) is 0 Å². The van der Waals surface area contributed by atoms with E-state index < -0.39 is 5.91 Å². The number of thiazole rings is 1. The van der Waals surface area contributed by atoms with E-state index in [1.807, 2.05) is 31.3 Å². The van der Waals surface area contributed by atoms with Crippen LogP contribution in [0.25, 0.3) is 16.2 Å². The summed E-state index contributed by atoms with van der Waals surface area (Å²) in [7, 11) is 0. The van der Waals surface area contributed by atoms with Crippen LogP contribution in [0.2, 0.25) is 0 Å². The van der Waals surface area contributed by atoms with Gasteiger partial charge in [0, 0.05) is 23.1 Å². The standard InChI is InChI=1S/C19H17N5O2S/c1-11-5-3-8-16-21-12(2)17(24(11)16)15-10-20-19(27-15)22-14-7-4-6-13(9-14)18(25)23-26/h3-10,26H,1-2H3,(H,20,22)(H,23,25). The molecule has 7 nitrogen and oxygen atoms in total. The molecule has 3 heterocycles. The molecule has 0 fully saturated rings. The molecule has 0 aliphatic heterocycles. The van der Waals surface area contributed by atoms with E-state index in [-0.39, 0.29) is 0 Å². The highest BCUT2D eigenvalue weighted by atomic mass is 32.1. The van der Waals surface area contributed by atoms with Crippen LogP contribution in [0.15, 0.2) is 48.7 Å². The van der Waals surface area contributed by atoms with E-state index in [2.05, 4.69) is 32.7 Å². The Morgan fingerprint density at radius 2 is 2.00 bits per heavy atom. The number of imidazole rings is 1. The highest BCUT2D eigenvalue weighted by Gasteiger charge is 2.15. The molecular formula is C19H17N5O2S. The summed E-state index contributed by atoms with van der Waals surface area (Å²) in [5.74, 6) is -0.560. The van der Waals surface area contributed by atoms with Crippen molar-refractivity contribution in [1.82, 2.24) is 19.8 Å². The van der Waals surface area contributed by atoms with Crippen molar-refractivity contribution < 1.29 is 10.0 Å². The van der Waals surface area contributed by atoms with Gasteiger partial charge in [-0.25, -0.2) is 15.4 Å². The summed E-state index contributed by atoms with van der Waals surface area (Å²) in [6, 6.07) is 12.9. The maximum absolute atomic E-state index is 11.6. The molecule has 3 N–H and O–H groups in total. The van der Waals surface area contributed by atoms with Crippen LogP contribution in [0, 0.1) is 13.8 Å². The molecule has 0 bridgehead atoms. The van der Waals surface area contributed by atoms with Crippen LogP contribution in [0.1, 0.15) is 21.7 Å². The number of aromatic nitrogens is 3. The van der Waals surface area contributed by atoms with Gasteiger partial charge in [-0.1, -0.05) is 23.5 Å². The number of carbonyl (C=O) groups excluding carboxylic acids is 1. The van der Waals surface area contributed by atoms with Crippen molar-refractivity contribution in [3.05, 3.63) is 65.6 Å². The van der Waals surface area contributed by atoms with Crippen molar-refractivity contribution in [2.75, 3.05) is 5.32 Å². The molecular weight excluding hydrogens is 362 g/mol. The normalized spacial score (nSPS) is 10.9. The Morgan fingerprint density at radius 3 is 2.81 bits per heavy atom. The number of aryl methyl sites for hydroxylation is 2. The molecule has 0 saturated carbocycles. The molecule has 8 heteroatoms. The third-order valence-electron chi connectivity index (χ3n) is 4.23. The van der Waals surface area contributed by atoms with Crippen LogP contribution in [0.4, 0.5) is 10.8 Å². The second-order valence-electron chi connectivity index (χ2n) is 6.08. The average Bonchev–Trinajstić information content (AvgIpc) is 3.25. The summed E-state index contributed by atoms with van der Waals surface area (Å²) in [5, 5.41) is 12.7. The van der Waals surface area contributed by atoms with E-state index in [1.54, 1.807) is 23.7 Å². The minimum atomic E-state index is -0.560. The average molecular weight is 379 g/mol. The molecule has 0 aliphatic carbocycles. The number of rotatable bonds is 4. The summed E-state index contributed by atoms with van der Waals surface area (Å²) >= 11 is 1.51. The van der Waals surface area contributed by atoms with Crippen LogP contribution in [0.3, 0.4) is 0 Å². The molecule has 4 aromatic rings. The van der Waals surface area contributed by atoms with E-state index in [0.29, 0.717) is 16.4 Å². The number of benzene rings is 1. The van der Waals surface area contributed by atoms with Gasteiger partial charge >= 0.3 is 0 Å². The van der Waals surface area contributed by atoms with Crippen LogP contribution >= 0.6 is 11.3 Å². The topological polar surface area (TPSA) is 91.5 Å². The fourth-order valence-corrected chi connectivity index (χ4v) is 3.95. The number of nitrogens with one attached hydrogen (secondary N) is 2. The first kappa shape index (κ1) is 17.2. The summed E-state index contributed by atoms with van der Waals surface area (Å²) in [5.41, 5.74) is 6.69. The minimum absolute atomic E-state index is 0.354. The maximum Gasteiger partial charge on any atom is 0.274 e. The van der Waals surface area contributed by atoms with E-state index in [4.69, 9.17) is 5.21 Å². The van der Waals surface area contributed by atoms with Gasteiger partial charge in [-0.2, -0.15) is 0 Å². The second kappa shape index (κ2) is 6.82. The Balaban J connectivity index is 1.67. The monoisotopic (exact) mass is 379 g/mol. The van der Waals surface area contributed by atoms with Gasteiger partial charge in [-0.05, 0) is 44.2 Å². The Hall–Kier alpha value is -3.23. The number of hydrogen-bond acceptors (Lipinski definition) is 6. The molecule has 0 unspecified atom stereocenters. The molecule has 1 aromatic carbocycles. The number of fused-ring (bicyclic) bond motifs is 1. The molecule has 4 rings (SSSR count). The number of nitrogens with zero attached hydrogens (tertiary/aromatic N) is 3. The summed E-state index contributed by atoms with van der Waals surface area (Å²) in [6.45, 7) is 4.04. The van der Waals surface area contributed by atoms with E-state index in [1.165, 1.54) is 11.3 Å². The number of hydrogen-bond donors (Lipinski definition) is 3. The molecule has 1 amide bonds. The maximum atomic E-state index is 11.6. The Kier molecular flexibility index (Phi) is 4.35. The lowest BCUT2D eigenvalue weighted by atomic mass is 10.2. The molecule has 3 aromatic heterocycles. The fourth-order valence-electron chi connectivity index (χ4n) is 3.02. The molecule has 27 heavy (non-hydrogen) atoms. The van der Waals surface area contributed by atoms with Gasteiger partial charge in [0.25, 0.3) is 5.91 Å². The molecule has 136 valence electrons. The van der Waals surface area contributed by atoms with Crippen molar-refractivity contribution in [1.29, 1.82) is 0 Å². The fraction of sp³-hybridized carbons (Fsp3) is 0.105. The quantitative estimate of drug-likeness (QED) is 0.369. The number of amides is 1. The third kappa shape index (κ3) is 3.16. The van der Waals surface area contributed by atoms with Crippen molar-refractivity contribution in [3.8, 4) is 10.6 Å². The molecule has 0 atom stereocenters. The van der Waals surface area contributed by atoms with Gasteiger partial charge in [0.15, 0.2) is 5.13 Å². The SMILES string of the molecule is Cc1nc2cccc(C)n2c1-c1cnc(Nc2cccc(C(=O)NO)c2)s1. The van der Waals surface area contributed by atoms with Gasteiger partial charge in [0.1, 0.15) is 5.65 Å². The molecule has 0 radical (unpaired) electrons. The van der Waals surface area contributed by atoms with E-state index in [9.17, 15) is 4.79 Å². The number of pyridine rings is 1. The van der Waals surface area contributed by atoms with Crippen molar-refractivity contribution in [2.45, 2.75) is 13.8 Å². The zero-order valence-electron chi connectivity index (χ0n) is 14.7. The first-order chi connectivity index (χ1) is 13.1. The summed E-state index contributed by atoms with van der Waals surface area (Å²) < 4.78 is 2.12. The summed E-state index contributed by atoms with van der Waals surface area (Å²) in [4.78, 5) is 21.7. The highest BCUT2D eigenvalue weighted by Crippen LogP contribution is 2.33. The Morgan fingerprint density at radius 1 is 1.19 bits per heavy atom. The van der Waals surface area contributed by atoms with Gasteiger partial charge < -0.3 is 5.32 Å². The summed E-state index contributed by atoms with van der Waals surface area (Å²) in [6.07, 6.45) is 1.82. The zero-order chi connectivity index (χ0) is 19.0. The van der Waals surface area contributed by atoms with Crippen molar-refractivity contribution in [3.63, 3.8) is 0 Å². The predicted octanol–water partition coefficient (Wildman–Crippen LogP) is 3.94. The molecule has 0 aliphatic rings. The molecule has 0 spiro atoms. The lowest BCUT2D eigenvalue weighted by Crippen LogP contribution is -2.18. The van der Waals surface area contributed by atoms with E-state index in [0.717, 1.165) is 27.6 Å². The van der Waals surface area contributed by atoms with Gasteiger partial charge in [-0.3, -0.25) is 14.4 Å². The Labute approximate surface area is 159 Å². The first-order valence-corrected chi connectivity index (χ1v) is 9.11. The van der Waals surface area contributed by atoms with Crippen molar-refractivity contribution >= 4 is 33.7 Å². The number of hydroxylamine groups is 1. The van der Waals surface area contributed by atoms with Gasteiger partial charge in [0.2, 0.25) is 0 Å². The minimum Gasteiger partial charge on any atom is -0.332 e. The van der Waals surface area contributed by atoms with Crippen LogP contribution in [-0.4, -0.2) is 25.5 Å². The molecule has 0 saturated heterocycles.